The highest BCUT2D eigenvalue weighted by Gasteiger charge is 2.23. The molecule has 6 rings (SSSR count). The van der Waals surface area contributed by atoms with Crippen molar-refractivity contribution >= 4 is 34.3 Å². The Morgan fingerprint density at radius 1 is 1.00 bits per heavy atom. The molecule has 0 unspecified atom stereocenters. The zero-order valence-corrected chi connectivity index (χ0v) is 18.6. The van der Waals surface area contributed by atoms with E-state index in [0.29, 0.717) is 28.9 Å². The summed E-state index contributed by atoms with van der Waals surface area (Å²) in [4.78, 5) is 31.4. The third-order valence-electron chi connectivity index (χ3n) is 6.11. The molecule has 2 aromatic carbocycles. The highest BCUT2D eigenvalue weighted by atomic mass is 16.5. The van der Waals surface area contributed by atoms with Crippen molar-refractivity contribution in [3.8, 4) is 11.4 Å². The number of imidazole rings is 1. The zero-order chi connectivity index (χ0) is 22.9. The van der Waals surface area contributed by atoms with Crippen molar-refractivity contribution in [3.63, 3.8) is 0 Å². The quantitative estimate of drug-likeness (QED) is 0.408. The first-order valence-corrected chi connectivity index (χ1v) is 11.6. The van der Waals surface area contributed by atoms with Gasteiger partial charge in [-0.2, -0.15) is 0 Å². The fourth-order valence-corrected chi connectivity index (χ4v) is 4.03. The highest BCUT2D eigenvalue weighted by Crippen LogP contribution is 2.27. The van der Waals surface area contributed by atoms with Crippen molar-refractivity contribution in [3.05, 3.63) is 60.4 Å². The Morgan fingerprint density at radius 3 is 2.50 bits per heavy atom. The number of anilines is 3. The third kappa shape index (κ3) is 4.29. The maximum absolute atomic E-state index is 12.3. The van der Waals surface area contributed by atoms with E-state index in [1.807, 2.05) is 36.4 Å². The van der Waals surface area contributed by atoms with Crippen LogP contribution in [0.15, 0.2) is 54.9 Å². The van der Waals surface area contributed by atoms with Gasteiger partial charge in [-0.3, -0.25) is 4.79 Å². The summed E-state index contributed by atoms with van der Waals surface area (Å²) in [5.74, 6) is 1.15. The number of rotatable bonds is 6. The SMILES string of the molecule is O=C(NC1CC1)c1ccc(-c2nc(Nc3ccc(N4CCOCC4)cc3)c3[nH]cnc3n2)cc1. The number of H-pyrrole nitrogens is 1. The van der Waals surface area contributed by atoms with Crippen LogP contribution in [0.25, 0.3) is 22.6 Å². The van der Waals surface area contributed by atoms with Crippen molar-refractivity contribution in [2.45, 2.75) is 18.9 Å². The lowest BCUT2D eigenvalue weighted by atomic mass is 10.1. The van der Waals surface area contributed by atoms with Gasteiger partial charge in [-0.1, -0.05) is 12.1 Å². The first-order chi connectivity index (χ1) is 16.7. The molecule has 2 fully saturated rings. The molecule has 4 aromatic rings. The van der Waals surface area contributed by atoms with Crippen molar-refractivity contribution in [2.75, 3.05) is 36.5 Å². The molecule has 0 bridgehead atoms. The number of ether oxygens (including phenoxy) is 1. The van der Waals surface area contributed by atoms with E-state index in [2.05, 4.69) is 42.6 Å². The molecule has 2 aliphatic rings. The van der Waals surface area contributed by atoms with Gasteiger partial charge in [-0.15, -0.1) is 0 Å². The van der Waals surface area contributed by atoms with Crippen molar-refractivity contribution in [1.82, 2.24) is 25.3 Å². The highest BCUT2D eigenvalue weighted by molar-refractivity contribution is 5.95. The van der Waals surface area contributed by atoms with Crippen molar-refractivity contribution in [2.24, 2.45) is 0 Å². The van der Waals surface area contributed by atoms with E-state index < -0.39 is 0 Å². The standard InChI is InChI=1S/C25H25N7O2/c33-25(29-19-5-6-19)17-3-1-16(2-4-17)22-30-23-21(26-15-27-23)24(31-22)28-18-7-9-20(10-8-18)32-11-13-34-14-12-32/h1-4,7-10,15,19H,5-6,11-14H2,(H,29,33)(H2,26,27,28,30,31). The molecule has 1 aliphatic heterocycles. The Kier molecular flexibility index (Phi) is 5.31. The number of nitrogens with one attached hydrogen (secondary N) is 3. The second-order valence-electron chi connectivity index (χ2n) is 8.59. The molecule has 1 saturated heterocycles. The molecule has 1 amide bonds. The van der Waals surface area contributed by atoms with Gasteiger partial charge in [0.2, 0.25) is 0 Å². The maximum atomic E-state index is 12.3. The van der Waals surface area contributed by atoms with Crippen LogP contribution in [-0.4, -0.2) is 58.2 Å². The Labute approximate surface area is 196 Å². The van der Waals surface area contributed by atoms with Crippen LogP contribution in [0.4, 0.5) is 17.2 Å². The summed E-state index contributed by atoms with van der Waals surface area (Å²) >= 11 is 0. The van der Waals surface area contributed by atoms with Crippen LogP contribution in [0, 0.1) is 0 Å². The average molecular weight is 456 g/mol. The molecule has 0 radical (unpaired) electrons. The lowest BCUT2D eigenvalue weighted by Crippen LogP contribution is -2.36. The number of carbonyl (C=O) groups is 1. The Morgan fingerprint density at radius 2 is 1.76 bits per heavy atom. The summed E-state index contributed by atoms with van der Waals surface area (Å²) in [6, 6.07) is 16.0. The number of aromatic nitrogens is 4. The third-order valence-corrected chi connectivity index (χ3v) is 6.11. The van der Waals surface area contributed by atoms with Gasteiger partial charge in [0.1, 0.15) is 5.52 Å². The number of fused-ring (bicyclic) bond motifs is 1. The molecule has 34 heavy (non-hydrogen) atoms. The van der Waals surface area contributed by atoms with Crippen LogP contribution in [0.2, 0.25) is 0 Å². The largest absolute Gasteiger partial charge is 0.378 e. The average Bonchev–Trinajstić information content (AvgIpc) is 3.57. The molecular weight excluding hydrogens is 430 g/mol. The van der Waals surface area contributed by atoms with Crippen LogP contribution in [0.1, 0.15) is 23.2 Å². The molecule has 172 valence electrons. The van der Waals surface area contributed by atoms with Crippen molar-refractivity contribution in [1.29, 1.82) is 0 Å². The molecule has 9 nitrogen and oxygen atoms in total. The number of hydrogen-bond donors (Lipinski definition) is 3. The summed E-state index contributed by atoms with van der Waals surface area (Å²) in [5.41, 5.74) is 4.86. The first kappa shape index (κ1) is 20.6. The van der Waals surface area contributed by atoms with E-state index in [9.17, 15) is 4.79 Å². The predicted molar refractivity (Wildman–Crippen MR) is 130 cm³/mol. The number of nitrogens with zero attached hydrogens (tertiary/aromatic N) is 4. The Balaban J connectivity index is 1.25. The fourth-order valence-electron chi connectivity index (χ4n) is 4.03. The van der Waals surface area contributed by atoms with Crippen LogP contribution < -0.4 is 15.5 Å². The van der Waals surface area contributed by atoms with E-state index in [0.717, 1.165) is 55.9 Å². The molecular formula is C25H25N7O2. The lowest BCUT2D eigenvalue weighted by Gasteiger charge is -2.28. The van der Waals surface area contributed by atoms with E-state index in [4.69, 9.17) is 9.72 Å². The fraction of sp³-hybridized carbons (Fsp3) is 0.280. The van der Waals surface area contributed by atoms with Gasteiger partial charge < -0.3 is 25.3 Å². The summed E-state index contributed by atoms with van der Waals surface area (Å²) < 4.78 is 5.44. The number of benzene rings is 2. The maximum Gasteiger partial charge on any atom is 0.251 e. The second-order valence-corrected chi connectivity index (χ2v) is 8.59. The molecule has 0 atom stereocenters. The van der Waals surface area contributed by atoms with E-state index >= 15 is 0 Å². The minimum absolute atomic E-state index is 0.0411. The number of morpholine rings is 1. The van der Waals surface area contributed by atoms with Gasteiger partial charge >= 0.3 is 0 Å². The lowest BCUT2D eigenvalue weighted by molar-refractivity contribution is 0.0951. The van der Waals surface area contributed by atoms with Crippen LogP contribution >= 0.6 is 0 Å². The van der Waals surface area contributed by atoms with Gasteiger partial charge in [0.05, 0.1) is 19.5 Å². The van der Waals surface area contributed by atoms with E-state index in [1.54, 1.807) is 6.33 Å². The first-order valence-electron chi connectivity index (χ1n) is 11.6. The van der Waals surface area contributed by atoms with Gasteiger partial charge in [0, 0.05) is 41.6 Å². The van der Waals surface area contributed by atoms with Crippen LogP contribution in [-0.2, 0) is 4.74 Å². The molecule has 3 heterocycles. The Bertz CT molecular complexity index is 1310. The van der Waals surface area contributed by atoms with Gasteiger partial charge in [0.25, 0.3) is 5.91 Å². The second kappa shape index (κ2) is 8.75. The normalized spacial score (nSPS) is 15.9. The molecule has 1 aliphatic carbocycles. The number of carbonyl (C=O) groups excluding carboxylic acids is 1. The van der Waals surface area contributed by atoms with E-state index in [-0.39, 0.29) is 5.91 Å². The van der Waals surface area contributed by atoms with Crippen molar-refractivity contribution < 1.29 is 9.53 Å². The van der Waals surface area contributed by atoms with E-state index in [1.165, 1.54) is 5.69 Å². The summed E-state index contributed by atoms with van der Waals surface area (Å²) in [7, 11) is 0. The van der Waals surface area contributed by atoms with Gasteiger partial charge in [0.15, 0.2) is 17.3 Å². The predicted octanol–water partition coefficient (Wildman–Crippen LogP) is 3.49. The topological polar surface area (TPSA) is 108 Å². The minimum atomic E-state index is -0.0411. The summed E-state index contributed by atoms with van der Waals surface area (Å²) in [5, 5.41) is 6.41. The molecule has 9 heteroatoms. The number of amides is 1. The van der Waals surface area contributed by atoms with Crippen LogP contribution in [0.3, 0.4) is 0 Å². The molecule has 2 aromatic heterocycles. The minimum Gasteiger partial charge on any atom is -0.378 e. The van der Waals surface area contributed by atoms with Crippen LogP contribution in [0.5, 0.6) is 0 Å². The zero-order valence-electron chi connectivity index (χ0n) is 18.6. The molecule has 0 spiro atoms. The van der Waals surface area contributed by atoms with Gasteiger partial charge in [-0.25, -0.2) is 15.0 Å². The Hall–Kier alpha value is -3.98. The molecule has 3 N–H and O–H groups in total. The smallest absolute Gasteiger partial charge is 0.251 e. The summed E-state index contributed by atoms with van der Waals surface area (Å²) in [6.45, 7) is 3.32. The monoisotopic (exact) mass is 455 g/mol. The number of hydrogen-bond acceptors (Lipinski definition) is 7. The summed E-state index contributed by atoms with van der Waals surface area (Å²) in [6.07, 6.45) is 3.74. The van der Waals surface area contributed by atoms with Gasteiger partial charge in [-0.05, 0) is 49.2 Å². The molecule has 1 saturated carbocycles. The number of aromatic amines is 1.